The topological polar surface area (TPSA) is 240 Å². The van der Waals surface area contributed by atoms with Gasteiger partial charge in [0, 0.05) is 99.4 Å². The Morgan fingerprint density at radius 3 is 2.39 bits per heavy atom. The second kappa shape index (κ2) is 23.9. The molecule has 422 valence electrons. The average Bonchev–Trinajstić information content (AvgIpc) is 4.33. The van der Waals surface area contributed by atoms with Crippen LogP contribution < -0.4 is 19.7 Å². The molecule has 19 nitrogen and oxygen atoms in total. The Kier molecular flexibility index (Phi) is 16.7. The number of anilines is 2. The lowest BCUT2D eigenvalue weighted by Crippen LogP contribution is -2.49. The van der Waals surface area contributed by atoms with E-state index in [1.165, 1.54) is 22.4 Å². The predicted molar refractivity (Wildman–Crippen MR) is 294 cm³/mol. The first-order chi connectivity index (χ1) is 38.5. The summed E-state index contributed by atoms with van der Waals surface area (Å²) in [5.74, 6) is -5.03. The summed E-state index contributed by atoms with van der Waals surface area (Å²) in [4.78, 5) is 60.5. The van der Waals surface area contributed by atoms with Gasteiger partial charge in [0.15, 0.2) is 11.6 Å². The molecule has 3 fully saturated rings. The van der Waals surface area contributed by atoms with E-state index in [2.05, 4.69) is 35.2 Å². The minimum Gasteiger partial charge on any atom is -0.475 e. The number of β-amino-alcohol motifs (C(OH)–C–C–N with tert-alkyl or cyclic N) is 1. The van der Waals surface area contributed by atoms with Crippen LogP contribution in [0.2, 0.25) is 0 Å². The maximum Gasteiger partial charge on any atom is 0.301 e. The smallest absolute Gasteiger partial charge is 0.301 e. The molecule has 3 saturated heterocycles. The number of aliphatic hydroxyl groups is 2. The second-order valence-corrected chi connectivity index (χ2v) is 23.2. The van der Waals surface area contributed by atoms with Crippen LogP contribution in [0.4, 0.5) is 24.5 Å². The third-order valence-electron chi connectivity index (χ3n) is 15.0. The monoisotopic (exact) mass is 1140 g/mol. The van der Waals surface area contributed by atoms with E-state index in [-0.39, 0.29) is 61.6 Å². The Bertz CT molecular complexity index is 3480. The van der Waals surface area contributed by atoms with Gasteiger partial charge in [-0.3, -0.25) is 24.0 Å². The highest BCUT2D eigenvalue weighted by Crippen LogP contribution is 2.35. The van der Waals surface area contributed by atoms with Crippen molar-refractivity contribution in [3.8, 4) is 27.4 Å². The van der Waals surface area contributed by atoms with Gasteiger partial charge >= 0.3 is 10.2 Å². The third kappa shape index (κ3) is 12.0. The highest BCUT2D eigenvalue weighted by Gasteiger charge is 2.44. The number of carbonyl (C=O) groups is 3. The van der Waals surface area contributed by atoms with Crippen LogP contribution in [0.5, 0.6) is 5.88 Å². The van der Waals surface area contributed by atoms with Crippen LogP contribution in [0, 0.1) is 24.5 Å². The summed E-state index contributed by atoms with van der Waals surface area (Å²) in [5.41, 5.74) is 5.44. The fourth-order valence-corrected chi connectivity index (χ4v) is 12.7. The lowest BCUT2D eigenvalue weighted by atomic mass is 9.91. The second-order valence-electron chi connectivity index (χ2n) is 20.7. The first kappa shape index (κ1) is 56.1. The molecule has 3 aromatic carbocycles. The van der Waals surface area contributed by atoms with Gasteiger partial charge < -0.3 is 39.6 Å². The maximum atomic E-state index is 15.8. The van der Waals surface area contributed by atoms with Crippen LogP contribution in [0.3, 0.4) is 0 Å². The number of piperazine rings is 1. The number of benzene rings is 3. The fourth-order valence-electron chi connectivity index (χ4n) is 10.6. The van der Waals surface area contributed by atoms with Gasteiger partial charge in [0.2, 0.25) is 17.6 Å². The van der Waals surface area contributed by atoms with E-state index in [9.17, 15) is 37.4 Å². The van der Waals surface area contributed by atoms with Gasteiger partial charge in [-0.05, 0) is 77.9 Å². The van der Waals surface area contributed by atoms with E-state index >= 15 is 8.78 Å². The number of rotatable bonds is 20. The number of ether oxygens (including phenoxy) is 1. The van der Waals surface area contributed by atoms with Gasteiger partial charge in [-0.25, -0.2) is 23.1 Å². The Balaban J connectivity index is 0.697. The molecule has 5 atom stereocenters. The molecule has 3 aliphatic rings. The molecular formula is C56H61F3N10O9S2. The zero-order chi connectivity index (χ0) is 56.4. The van der Waals surface area contributed by atoms with Crippen molar-refractivity contribution >= 4 is 61.6 Å². The number of alkyl halides is 1. The van der Waals surface area contributed by atoms with Gasteiger partial charge in [0.05, 0.1) is 52.7 Å². The number of nitrogens with zero attached hydrogens (tertiary/aromatic N) is 7. The van der Waals surface area contributed by atoms with Crippen molar-refractivity contribution in [1.82, 2.24) is 39.5 Å². The molecule has 7 heterocycles. The highest BCUT2D eigenvalue weighted by molar-refractivity contribution is 7.90. The number of hydrogen-bond donors (Lipinski definition) is 5. The average molecular weight is 1140 g/mol. The highest BCUT2D eigenvalue weighted by atomic mass is 32.2. The molecule has 80 heavy (non-hydrogen) atoms. The van der Waals surface area contributed by atoms with Crippen LogP contribution in [-0.4, -0.2) is 154 Å². The molecule has 0 radical (unpaired) electrons. The number of aryl methyl sites for hydroxylation is 1. The summed E-state index contributed by atoms with van der Waals surface area (Å²) in [7, 11) is -4.38. The third-order valence-corrected chi connectivity index (χ3v) is 17.5. The Hall–Kier alpha value is -7.22. The Labute approximate surface area is 463 Å². The molecule has 7 aromatic rings. The van der Waals surface area contributed by atoms with E-state index in [1.54, 1.807) is 23.8 Å². The summed E-state index contributed by atoms with van der Waals surface area (Å²) >= 11 is 1.53. The molecule has 2 amide bonds. The summed E-state index contributed by atoms with van der Waals surface area (Å²) in [5, 5.41) is 28.3. The number of pyridine rings is 1. The van der Waals surface area contributed by atoms with Crippen LogP contribution >= 0.6 is 11.3 Å². The van der Waals surface area contributed by atoms with Crippen molar-refractivity contribution in [2.45, 2.75) is 70.3 Å². The number of halogens is 3. The minimum atomic E-state index is -4.38. The van der Waals surface area contributed by atoms with Gasteiger partial charge in [-0.1, -0.05) is 50.2 Å². The number of thiazole rings is 1. The molecule has 0 aliphatic carbocycles. The SMILES string of the molecule is Cc1ncsc1-c1ccc(C(CO)NC(=O)[C@@H]2C[C@@H](O)CN2C(=O)C(c2cc(OCCCN3CCN(c4ccc(-c5cnc6[nH]cc(C(=O)c7c(F)ccc(NS(=O)(=O)N8CC[C@@H](F)C8)c7F)c6c5)cc4)CC3)no2)C(C)C)cc1. The molecule has 0 bridgehead atoms. The fraction of sp³-hybridized carbons (Fsp3) is 0.393. The number of carbonyl (C=O) groups excluding carboxylic acids is 3. The first-order valence-corrected chi connectivity index (χ1v) is 28.8. The Morgan fingerprint density at radius 2 is 1.70 bits per heavy atom. The van der Waals surface area contributed by atoms with Crippen LogP contribution in [0.25, 0.3) is 32.6 Å². The first-order valence-electron chi connectivity index (χ1n) is 26.4. The van der Waals surface area contributed by atoms with Crippen molar-refractivity contribution in [1.29, 1.82) is 0 Å². The van der Waals surface area contributed by atoms with Crippen molar-refractivity contribution in [2.75, 3.05) is 75.2 Å². The van der Waals surface area contributed by atoms with Crippen LogP contribution in [-0.2, 0) is 19.8 Å². The van der Waals surface area contributed by atoms with Gasteiger partial charge in [0.1, 0.15) is 29.6 Å². The predicted octanol–water partition coefficient (Wildman–Crippen LogP) is 7.00. The molecule has 5 N–H and O–H groups in total. The van der Waals surface area contributed by atoms with Crippen molar-refractivity contribution in [3.63, 3.8) is 0 Å². The standard InChI is InChI=1S/C56H61F3N10O9S2/c1-32(2)49(56(74)69-29-40(71)24-46(69)55(73)63-45(30-70)35-5-7-36(8-6-35)53-33(3)62-31-79-53)47-25-48(64-78-47)77-22-4-16-66-18-20-67(21-19-66)39-11-9-34(10-12-39)37-23-41-42(27-61-54(41)60-26-37)52(72)50-43(58)13-14-44(51(50)59)65-80(75,76)68-17-15-38(57)28-68/h5-14,23,25-27,31-32,38,40,45-46,49,65,70-71H,4,15-22,24,28-30H2,1-3H3,(H,60,61)(H,63,73)/t38-,40-,45?,46+,49?/m1/s1. The number of H-pyrrole nitrogens is 1. The van der Waals surface area contributed by atoms with E-state index in [1.807, 2.05) is 74.0 Å². The Morgan fingerprint density at radius 1 is 0.950 bits per heavy atom. The normalized spacial score (nSPS) is 19.0. The molecule has 10 rings (SSSR count). The van der Waals surface area contributed by atoms with Crippen molar-refractivity contribution in [3.05, 3.63) is 130 Å². The zero-order valence-electron chi connectivity index (χ0n) is 44.1. The van der Waals surface area contributed by atoms with Gasteiger partial charge in [-0.2, -0.15) is 12.7 Å². The number of aromatic amines is 1. The number of fused-ring (bicyclic) bond motifs is 1. The lowest BCUT2D eigenvalue weighted by Gasteiger charge is -2.36. The number of aromatic nitrogens is 4. The quantitative estimate of drug-likeness (QED) is 0.0382. The minimum absolute atomic E-state index is 0.00962. The molecule has 24 heteroatoms. The van der Waals surface area contributed by atoms with Crippen molar-refractivity contribution in [2.24, 2.45) is 5.92 Å². The number of amides is 2. The lowest BCUT2D eigenvalue weighted by molar-refractivity contribution is -0.141. The van der Waals surface area contributed by atoms with Crippen LogP contribution in [0.15, 0.2) is 95.2 Å². The number of aliphatic hydroxyl groups excluding tert-OH is 2. The molecular weight excluding hydrogens is 1080 g/mol. The number of ketones is 1. The molecule has 3 aliphatic heterocycles. The van der Waals surface area contributed by atoms with E-state index in [0.29, 0.717) is 35.2 Å². The summed E-state index contributed by atoms with van der Waals surface area (Å²) < 4.78 is 85.0. The molecule has 4 aromatic heterocycles. The van der Waals surface area contributed by atoms with Gasteiger partial charge in [-0.15, -0.1) is 11.3 Å². The summed E-state index contributed by atoms with van der Waals surface area (Å²) in [6, 6.07) is 18.6. The van der Waals surface area contributed by atoms with E-state index in [4.69, 9.17) is 9.26 Å². The largest absolute Gasteiger partial charge is 0.475 e. The number of hydrogen-bond acceptors (Lipinski definition) is 15. The summed E-state index contributed by atoms with van der Waals surface area (Å²) in [6.45, 7) is 9.02. The maximum absolute atomic E-state index is 15.8. The van der Waals surface area contributed by atoms with Crippen molar-refractivity contribution < 1.29 is 55.4 Å². The molecule has 0 saturated carbocycles. The number of nitrogens with one attached hydrogen (secondary N) is 3. The number of likely N-dealkylation sites (tertiary alicyclic amines) is 1. The molecule has 2 unspecified atom stereocenters. The van der Waals surface area contributed by atoms with E-state index < -0.39 is 81.6 Å². The summed E-state index contributed by atoms with van der Waals surface area (Å²) in [6.07, 6.45) is 1.37. The van der Waals surface area contributed by atoms with Gasteiger partial charge in [0.25, 0.3) is 5.88 Å². The van der Waals surface area contributed by atoms with E-state index in [0.717, 1.165) is 76.5 Å². The van der Waals surface area contributed by atoms with Crippen LogP contribution in [0.1, 0.15) is 78.0 Å². The zero-order valence-corrected chi connectivity index (χ0v) is 45.8. The molecule has 0 spiro atoms.